The summed E-state index contributed by atoms with van der Waals surface area (Å²) in [6, 6.07) is 11.9. The Kier molecular flexibility index (Phi) is 4.00. The highest BCUT2D eigenvalue weighted by Crippen LogP contribution is 2.34. The summed E-state index contributed by atoms with van der Waals surface area (Å²) in [5.74, 6) is 0.214. The fraction of sp³-hybridized carbons (Fsp3) is 0.286. The molecule has 0 radical (unpaired) electrons. The molecule has 1 aromatic carbocycles. The third-order valence-electron chi connectivity index (χ3n) is 5.68. The number of anilines is 3. The highest BCUT2D eigenvalue weighted by Gasteiger charge is 2.32. The number of rotatable bonds is 2. The van der Waals surface area contributed by atoms with Crippen molar-refractivity contribution in [2.75, 3.05) is 29.0 Å². The summed E-state index contributed by atoms with van der Waals surface area (Å²) >= 11 is 0. The minimum atomic E-state index is -0.226. The van der Waals surface area contributed by atoms with Crippen LogP contribution in [0.1, 0.15) is 34.0 Å². The fourth-order valence-corrected chi connectivity index (χ4v) is 4.22. The van der Waals surface area contributed by atoms with Gasteiger partial charge in [-0.05, 0) is 36.6 Å². The average molecular weight is 374 g/mol. The van der Waals surface area contributed by atoms with Gasteiger partial charge in [-0.1, -0.05) is 18.2 Å². The molecule has 2 aliphatic heterocycles. The van der Waals surface area contributed by atoms with Gasteiger partial charge in [0.15, 0.2) is 0 Å². The maximum absolute atomic E-state index is 13.3. The second-order valence-electron chi connectivity index (χ2n) is 7.30. The van der Waals surface area contributed by atoms with E-state index in [0.29, 0.717) is 12.4 Å². The predicted molar refractivity (Wildman–Crippen MR) is 109 cm³/mol. The third-order valence-corrected chi connectivity index (χ3v) is 5.68. The van der Waals surface area contributed by atoms with Gasteiger partial charge in [0.1, 0.15) is 5.82 Å². The van der Waals surface area contributed by atoms with E-state index in [1.165, 1.54) is 4.68 Å². The molecule has 0 fully saturated rings. The second-order valence-corrected chi connectivity index (χ2v) is 7.30. The number of pyridine rings is 1. The van der Waals surface area contributed by atoms with Gasteiger partial charge in [0.2, 0.25) is 0 Å². The van der Waals surface area contributed by atoms with Crippen molar-refractivity contribution in [1.29, 1.82) is 0 Å². The zero-order valence-electron chi connectivity index (χ0n) is 15.5. The summed E-state index contributed by atoms with van der Waals surface area (Å²) in [7, 11) is 0. The maximum Gasteiger partial charge on any atom is 0.256 e. The highest BCUT2D eigenvalue weighted by atomic mass is 16.2. The molecule has 2 aromatic heterocycles. The minimum absolute atomic E-state index is 0.0474. The summed E-state index contributed by atoms with van der Waals surface area (Å²) in [6.07, 6.45) is 5.12. The van der Waals surface area contributed by atoms with Gasteiger partial charge in [-0.25, -0.2) is 0 Å². The van der Waals surface area contributed by atoms with Gasteiger partial charge in [-0.3, -0.25) is 9.78 Å². The van der Waals surface area contributed by atoms with Crippen molar-refractivity contribution in [1.82, 2.24) is 14.8 Å². The average Bonchev–Trinajstić information content (AvgIpc) is 3.09. The van der Waals surface area contributed by atoms with Gasteiger partial charge in [-0.15, -0.1) is 0 Å². The van der Waals surface area contributed by atoms with Crippen LogP contribution in [0.5, 0.6) is 0 Å². The van der Waals surface area contributed by atoms with E-state index in [9.17, 15) is 4.79 Å². The number of aromatic nitrogens is 3. The molecule has 28 heavy (non-hydrogen) atoms. The second kappa shape index (κ2) is 6.67. The molecule has 2 aliphatic rings. The van der Waals surface area contributed by atoms with Crippen LogP contribution in [0, 0.1) is 0 Å². The van der Waals surface area contributed by atoms with Crippen molar-refractivity contribution < 1.29 is 4.79 Å². The van der Waals surface area contributed by atoms with E-state index in [4.69, 9.17) is 5.73 Å². The van der Waals surface area contributed by atoms with Gasteiger partial charge in [0.05, 0.1) is 30.0 Å². The number of benzene rings is 1. The van der Waals surface area contributed by atoms with Crippen LogP contribution >= 0.6 is 0 Å². The molecule has 0 saturated carbocycles. The monoisotopic (exact) mass is 374 g/mol. The third kappa shape index (κ3) is 2.70. The molecule has 0 aliphatic carbocycles. The number of carbonyl (C=O) groups is 1. The topological polar surface area (TPSA) is 89.1 Å². The molecule has 0 bridgehead atoms. The van der Waals surface area contributed by atoms with Crippen molar-refractivity contribution >= 4 is 23.1 Å². The Morgan fingerprint density at radius 1 is 1.21 bits per heavy atom. The van der Waals surface area contributed by atoms with E-state index in [1.807, 2.05) is 42.6 Å². The summed E-state index contributed by atoms with van der Waals surface area (Å²) in [5.41, 5.74) is 11.3. The van der Waals surface area contributed by atoms with Crippen molar-refractivity contribution in [3.63, 3.8) is 0 Å². The van der Waals surface area contributed by atoms with E-state index in [1.54, 1.807) is 6.20 Å². The Labute approximate surface area is 163 Å². The smallest absolute Gasteiger partial charge is 0.256 e. The van der Waals surface area contributed by atoms with E-state index in [-0.39, 0.29) is 11.8 Å². The van der Waals surface area contributed by atoms with E-state index < -0.39 is 0 Å². The van der Waals surface area contributed by atoms with Crippen LogP contribution in [0.4, 0.5) is 17.2 Å². The quantitative estimate of drug-likeness (QED) is 0.717. The Balaban J connectivity index is 1.45. The lowest BCUT2D eigenvalue weighted by Crippen LogP contribution is -2.30. The lowest BCUT2D eigenvalue weighted by molar-refractivity contribution is 0.0859. The molecule has 142 valence electrons. The summed E-state index contributed by atoms with van der Waals surface area (Å²) in [4.78, 5) is 19.7. The first-order chi connectivity index (χ1) is 13.7. The molecule has 7 heteroatoms. The summed E-state index contributed by atoms with van der Waals surface area (Å²) in [6.45, 7) is 2.23. The van der Waals surface area contributed by atoms with Gasteiger partial charge in [0.25, 0.3) is 5.91 Å². The fourth-order valence-electron chi connectivity index (χ4n) is 4.22. The molecule has 0 saturated heterocycles. The Hall–Kier alpha value is -3.35. The van der Waals surface area contributed by atoms with E-state index in [2.05, 4.69) is 20.3 Å². The number of nitrogen functional groups attached to an aromatic ring is 1. The van der Waals surface area contributed by atoms with Crippen LogP contribution in [0.25, 0.3) is 0 Å². The Morgan fingerprint density at radius 3 is 2.96 bits per heavy atom. The number of nitrogens with one attached hydrogen (secondary N) is 1. The molecule has 0 amide bonds. The molecule has 5 rings (SSSR count). The van der Waals surface area contributed by atoms with Crippen LogP contribution in [0.2, 0.25) is 0 Å². The van der Waals surface area contributed by atoms with Crippen molar-refractivity contribution in [2.45, 2.75) is 25.3 Å². The lowest BCUT2D eigenvalue weighted by Gasteiger charge is -2.27. The molecule has 3 N–H and O–H groups in total. The first kappa shape index (κ1) is 16.8. The minimum Gasteiger partial charge on any atom is -0.385 e. The number of carbonyl (C=O) groups excluding carboxylic acids is 1. The zero-order valence-corrected chi connectivity index (χ0v) is 15.5. The van der Waals surface area contributed by atoms with Gasteiger partial charge < -0.3 is 16.0 Å². The first-order valence-electron chi connectivity index (χ1n) is 9.60. The lowest BCUT2D eigenvalue weighted by atomic mass is 9.90. The normalized spacial score (nSPS) is 18.1. The molecule has 4 heterocycles. The molecule has 0 spiro atoms. The number of hydrogen-bond acceptors (Lipinski definition) is 6. The molecule has 7 nitrogen and oxygen atoms in total. The number of hydrogen-bond donors (Lipinski definition) is 2. The molecular weight excluding hydrogens is 352 g/mol. The number of fused-ring (bicyclic) bond motifs is 2. The standard InChI is InChI=1S/C21H22N6O/c22-20-17-8-11-26(14-4-3-9-23-12-14)13-19(17)25-27(20)21(28)16-7-10-24-18-6-2-1-5-15(16)18/h1-6,9,12,16,24H,7-8,10-11,13,22H2. The summed E-state index contributed by atoms with van der Waals surface area (Å²) < 4.78 is 1.43. The van der Waals surface area contributed by atoms with Crippen LogP contribution in [0.15, 0.2) is 48.8 Å². The maximum atomic E-state index is 13.3. The van der Waals surface area contributed by atoms with E-state index in [0.717, 1.165) is 54.1 Å². The molecule has 1 atom stereocenters. The number of nitrogens with two attached hydrogens (primary N) is 1. The van der Waals surface area contributed by atoms with Crippen molar-refractivity contribution in [2.24, 2.45) is 0 Å². The zero-order chi connectivity index (χ0) is 19.1. The predicted octanol–water partition coefficient (Wildman–Crippen LogP) is 2.66. The Bertz CT molecular complexity index is 1030. The molecular formula is C21H22N6O. The van der Waals surface area contributed by atoms with Crippen LogP contribution in [-0.4, -0.2) is 33.8 Å². The van der Waals surface area contributed by atoms with E-state index >= 15 is 0 Å². The van der Waals surface area contributed by atoms with Gasteiger partial charge in [-0.2, -0.15) is 9.78 Å². The largest absolute Gasteiger partial charge is 0.385 e. The number of nitrogens with zero attached hydrogens (tertiary/aromatic N) is 4. The van der Waals surface area contributed by atoms with Crippen LogP contribution in [0.3, 0.4) is 0 Å². The van der Waals surface area contributed by atoms with Crippen LogP contribution in [-0.2, 0) is 13.0 Å². The van der Waals surface area contributed by atoms with Crippen LogP contribution < -0.4 is 16.0 Å². The molecule has 3 aromatic rings. The highest BCUT2D eigenvalue weighted by molar-refractivity contribution is 5.90. The molecule has 1 unspecified atom stereocenters. The van der Waals surface area contributed by atoms with Gasteiger partial charge in [0, 0.05) is 30.5 Å². The summed E-state index contributed by atoms with van der Waals surface area (Å²) in [5, 5.41) is 7.99. The van der Waals surface area contributed by atoms with Gasteiger partial charge >= 0.3 is 0 Å². The first-order valence-corrected chi connectivity index (χ1v) is 9.60. The SMILES string of the molecule is Nc1c2c(nn1C(=O)C1CCNc3ccccc31)CN(c1cccnc1)CC2. The van der Waals surface area contributed by atoms with Crippen molar-refractivity contribution in [3.05, 3.63) is 65.6 Å². The Morgan fingerprint density at radius 2 is 2.11 bits per heavy atom. The van der Waals surface area contributed by atoms with Crippen molar-refractivity contribution in [3.8, 4) is 0 Å². The number of para-hydroxylation sites is 1.